The first-order valence-corrected chi connectivity index (χ1v) is 5.37. The molecule has 1 aromatic rings. The van der Waals surface area contributed by atoms with Crippen LogP contribution < -0.4 is 11.2 Å². The van der Waals surface area contributed by atoms with Gasteiger partial charge in [0.2, 0.25) is 0 Å². The Bertz CT molecular complexity index is 525. The van der Waals surface area contributed by atoms with Crippen LogP contribution in [0.4, 0.5) is 0 Å². The molecule has 1 saturated heterocycles. The van der Waals surface area contributed by atoms with E-state index in [1.807, 2.05) is 4.98 Å². The predicted octanol–water partition coefficient (Wildman–Crippen LogP) is -1.34. The second-order valence-electron chi connectivity index (χ2n) is 4.01. The van der Waals surface area contributed by atoms with Crippen LogP contribution in [0.25, 0.3) is 0 Å². The Morgan fingerprint density at radius 3 is 2.59 bits per heavy atom. The van der Waals surface area contributed by atoms with E-state index in [4.69, 9.17) is 0 Å². The number of nitrogens with one attached hydrogen (secondary N) is 2. The molecule has 1 aliphatic rings. The molecule has 2 heterocycles. The van der Waals surface area contributed by atoms with Crippen molar-refractivity contribution in [2.24, 2.45) is 0 Å². The summed E-state index contributed by atoms with van der Waals surface area (Å²) in [5, 5.41) is 9.32. The molecule has 1 aliphatic heterocycles. The molecule has 0 spiro atoms. The zero-order valence-electron chi connectivity index (χ0n) is 9.10. The average Bonchev–Trinajstić information content (AvgIpc) is 2.29. The lowest BCUT2D eigenvalue weighted by Gasteiger charge is -2.29. The van der Waals surface area contributed by atoms with E-state index < -0.39 is 17.2 Å². The fourth-order valence-electron chi connectivity index (χ4n) is 1.81. The molecule has 0 aliphatic carbocycles. The van der Waals surface area contributed by atoms with Crippen molar-refractivity contribution in [1.82, 2.24) is 14.9 Å². The first-order chi connectivity index (χ1) is 8.08. The summed E-state index contributed by atoms with van der Waals surface area (Å²) in [6.07, 6.45) is 1.75. The van der Waals surface area contributed by atoms with Gasteiger partial charge in [0, 0.05) is 19.3 Å². The fourth-order valence-corrected chi connectivity index (χ4v) is 1.81. The summed E-state index contributed by atoms with van der Waals surface area (Å²) in [6.45, 7) is 0.830. The number of aromatic amines is 2. The lowest BCUT2D eigenvalue weighted by molar-refractivity contribution is 0.0544. The Hall–Kier alpha value is -1.89. The van der Waals surface area contributed by atoms with Crippen LogP contribution in [0, 0.1) is 0 Å². The van der Waals surface area contributed by atoms with Gasteiger partial charge in [-0.25, -0.2) is 4.79 Å². The Morgan fingerprint density at radius 1 is 1.35 bits per heavy atom. The number of amides is 1. The van der Waals surface area contributed by atoms with Crippen molar-refractivity contribution in [3.63, 3.8) is 0 Å². The number of nitrogens with zero attached hydrogens (tertiary/aromatic N) is 1. The van der Waals surface area contributed by atoms with E-state index in [-0.39, 0.29) is 11.7 Å². The third-order valence-electron chi connectivity index (χ3n) is 2.80. The minimum absolute atomic E-state index is 0.0824. The molecule has 0 atom stereocenters. The maximum atomic E-state index is 11.9. The number of aliphatic hydroxyl groups is 1. The number of H-pyrrole nitrogens is 2. The highest BCUT2D eigenvalue weighted by Gasteiger charge is 2.24. The SMILES string of the molecule is O=C(c1c[nH]c(=O)[nH]c1=O)N1CCC(O)CC1. The van der Waals surface area contributed by atoms with Crippen molar-refractivity contribution in [1.29, 1.82) is 0 Å². The molecule has 0 bridgehead atoms. The predicted molar refractivity (Wildman–Crippen MR) is 58.8 cm³/mol. The summed E-state index contributed by atoms with van der Waals surface area (Å²) in [4.78, 5) is 39.9. The number of aromatic nitrogens is 2. The van der Waals surface area contributed by atoms with Crippen molar-refractivity contribution in [3.8, 4) is 0 Å². The first kappa shape index (κ1) is 11.6. The van der Waals surface area contributed by atoms with Crippen LogP contribution in [-0.4, -0.2) is 45.1 Å². The van der Waals surface area contributed by atoms with Gasteiger partial charge in [-0.2, -0.15) is 0 Å². The number of carbonyl (C=O) groups is 1. The molecule has 0 saturated carbocycles. The van der Waals surface area contributed by atoms with E-state index in [2.05, 4.69) is 4.98 Å². The van der Waals surface area contributed by atoms with Crippen LogP contribution in [-0.2, 0) is 0 Å². The third-order valence-corrected chi connectivity index (χ3v) is 2.80. The van der Waals surface area contributed by atoms with Crippen molar-refractivity contribution in [2.45, 2.75) is 18.9 Å². The van der Waals surface area contributed by atoms with Crippen molar-refractivity contribution in [2.75, 3.05) is 13.1 Å². The van der Waals surface area contributed by atoms with Crippen LogP contribution in [0.15, 0.2) is 15.8 Å². The molecular weight excluding hydrogens is 226 g/mol. The first-order valence-electron chi connectivity index (χ1n) is 5.37. The van der Waals surface area contributed by atoms with Gasteiger partial charge in [-0.3, -0.25) is 14.6 Å². The highest BCUT2D eigenvalue weighted by molar-refractivity contribution is 5.93. The van der Waals surface area contributed by atoms with E-state index in [0.29, 0.717) is 25.9 Å². The monoisotopic (exact) mass is 239 g/mol. The minimum atomic E-state index is -0.690. The molecule has 7 nitrogen and oxygen atoms in total. The summed E-state index contributed by atoms with van der Waals surface area (Å²) in [6, 6.07) is 0. The van der Waals surface area contributed by atoms with Gasteiger partial charge >= 0.3 is 5.69 Å². The zero-order chi connectivity index (χ0) is 12.4. The van der Waals surface area contributed by atoms with E-state index >= 15 is 0 Å². The minimum Gasteiger partial charge on any atom is -0.393 e. The number of rotatable bonds is 1. The van der Waals surface area contributed by atoms with E-state index in [0.717, 1.165) is 6.20 Å². The molecular formula is C10H13N3O4. The van der Waals surface area contributed by atoms with Crippen molar-refractivity contribution >= 4 is 5.91 Å². The van der Waals surface area contributed by atoms with Gasteiger partial charge in [0.1, 0.15) is 5.56 Å². The van der Waals surface area contributed by atoms with Crippen LogP contribution >= 0.6 is 0 Å². The third kappa shape index (κ3) is 2.44. The van der Waals surface area contributed by atoms with E-state index in [9.17, 15) is 19.5 Å². The second-order valence-corrected chi connectivity index (χ2v) is 4.01. The van der Waals surface area contributed by atoms with Gasteiger partial charge in [0.25, 0.3) is 11.5 Å². The number of hydrogen-bond donors (Lipinski definition) is 3. The van der Waals surface area contributed by atoms with Gasteiger partial charge in [0.05, 0.1) is 6.10 Å². The smallest absolute Gasteiger partial charge is 0.325 e. The number of carbonyl (C=O) groups excluding carboxylic acids is 1. The van der Waals surface area contributed by atoms with Crippen LogP contribution in [0.5, 0.6) is 0 Å². The molecule has 1 aromatic heterocycles. The van der Waals surface area contributed by atoms with Gasteiger partial charge < -0.3 is 15.0 Å². The maximum Gasteiger partial charge on any atom is 0.325 e. The van der Waals surface area contributed by atoms with E-state index in [1.165, 1.54) is 4.90 Å². The molecule has 3 N–H and O–H groups in total. The Labute approximate surface area is 96.1 Å². The maximum absolute atomic E-state index is 11.9. The zero-order valence-corrected chi connectivity index (χ0v) is 9.10. The number of likely N-dealkylation sites (tertiary alicyclic amines) is 1. The van der Waals surface area contributed by atoms with Crippen LogP contribution in [0.3, 0.4) is 0 Å². The normalized spacial score (nSPS) is 17.1. The molecule has 0 radical (unpaired) electrons. The standard InChI is InChI=1S/C10H13N3O4/c14-6-1-3-13(4-2-6)9(16)7-5-11-10(17)12-8(7)15/h5-6,14H,1-4H2,(H2,11,12,15,17). The molecule has 0 aromatic carbocycles. The van der Waals surface area contributed by atoms with Gasteiger partial charge in [-0.05, 0) is 12.8 Å². The van der Waals surface area contributed by atoms with E-state index in [1.54, 1.807) is 0 Å². The Kier molecular flexibility index (Phi) is 3.10. The largest absolute Gasteiger partial charge is 0.393 e. The van der Waals surface area contributed by atoms with Crippen molar-refractivity contribution in [3.05, 3.63) is 32.6 Å². The molecule has 1 fully saturated rings. The second kappa shape index (κ2) is 4.54. The molecule has 17 heavy (non-hydrogen) atoms. The lowest BCUT2D eigenvalue weighted by atomic mass is 10.1. The number of aliphatic hydroxyl groups excluding tert-OH is 1. The summed E-state index contributed by atoms with van der Waals surface area (Å²) < 4.78 is 0. The van der Waals surface area contributed by atoms with Gasteiger partial charge in [0.15, 0.2) is 0 Å². The summed E-state index contributed by atoms with van der Waals surface area (Å²) >= 11 is 0. The molecule has 2 rings (SSSR count). The number of hydrogen-bond acceptors (Lipinski definition) is 4. The van der Waals surface area contributed by atoms with Gasteiger partial charge in [-0.1, -0.05) is 0 Å². The summed E-state index contributed by atoms with van der Waals surface area (Å²) in [5.74, 6) is -0.422. The average molecular weight is 239 g/mol. The molecule has 7 heteroatoms. The summed E-state index contributed by atoms with van der Waals surface area (Å²) in [5.41, 5.74) is -1.41. The quantitative estimate of drug-likeness (QED) is 0.564. The lowest BCUT2D eigenvalue weighted by Crippen LogP contribution is -2.42. The van der Waals surface area contributed by atoms with Crippen LogP contribution in [0.2, 0.25) is 0 Å². The molecule has 1 amide bonds. The topological polar surface area (TPSA) is 106 Å². The fraction of sp³-hybridized carbons (Fsp3) is 0.500. The molecule has 92 valence electrons. The summed E-state index contributed by atoms with van der Waals surface area (Å²) in [7, 11) is 0. The Balaban J connectivity index is 2.20. The van der Waals surface area contributed by atoms with Gasteiger partial charge in [-0.15, -0.1) is 0 Å². The highest BCUT2D eigenvalue weighted by Crippen LogP contribution is 2.11. The Morgan fingerprint density at radius 2 is 2.00 bits per heavy atom. The van der Waals surface area contributed by atoms with Crippen molar-refractivity contribution < 1.29 is 9.90 Å². The number of piperidine rings is 1. The molecule has 0 unspecified atom stereocenters. The van der Waals surface area contributed by atoms with Crippen LogP contribution in [0.1, 0.15) is 23.2 Å². The highest BCUT2D eigenvalue weighted by atomic mass is 16.3.